The Morgan fingerprint density at radius 3 is 2.71 bits per heavy atom. The van der Waals surface area contributed by atoms with E-state index in [0.717, 1.165) is 20.8 Å². The number of para-hydroxylation sites is 1. The smallest absolute Gasteiger partial charge is 0.125 e. The van der Waals surface area contributed by atoms with Crippen molar-refractivity contribution in [2.75, 3.05) is 0 Å². The van der Waals surface area contributed by atoms with Crippen molar-refractivity contribution in [1.29, 1.82) is 5.41 Å². The van der Waals surface area contributed by atoms with Crippen LogP contribution in [0.2, 0.25) is 5.02 Å². The first kappa shape index (κ1) is 13.9. The Balaban J connectivity index is 2.12. The van der Waals surface area contributed by atoms with Crippen LogP contribution in [0.25, 0.3) is 10.9 Å². The first-order chi connectivity index (χ1) is 10.2. The predicted octanol–water partition coefficient (Wildman–Crippen LogP) is 3.72. The van der Waals surface area contributed by atoms with Crippen LogP contribution in [-0.4, -0.2) is 15.8 Å². The lowest BCUT2D eigenvalue weighted by Gasteiger charge is -2.10. The molecule has 0 spiro atoms. The van der Waals surface area contributed by atoms with E-state index >= 15 is 0 Å². The number of halogens is 1. The minimum atomic E-state index is -0.0542. The number of benzene rings is 2. The highest BCUT2D eigenvalue weighted by molar-refractivity contribution is 7.99. The number of fused-ring (bicyclic) bond motifs is 1. The summed E-state index contributed by atoms with van der Waals surface area (Å²) in [6.45, 7) is 0. The first-order valence-corrected chi connectivity index (χ1v) is 7.37. The molecule has 0 unspecified atom stereocenters. The van der Waals surface area contributed by atoms with Gasteiger partial charge >= 0.3 is 0 Å². The van der Waals surface area contributed by atoms with Crippen molar-refractivity contribution < 1.29 is 0 Å². The molecule has 0 aliphatic rings. The molecule has 0 radical (unpaired) electrons. The van der Waals surface area contributed by atoms with E-state index in [1.807, 2.05) is 36.4 Å². The molecule has 1 aromatic heterocycles. The fourth-order valence-corrected chi connectivity index (χ4v) is 3.41. The Labute approximate surface area is 130 Å². The highest BCUT2D eigenvalue weighted by Crippen LogP contribution is 2.35. The molecule has 2 aromatic carbocycles. The molecule has 0 saturated carbocycles. The van der Waals surface area contributed by atoms with Gasteiger partial charge < -0.3 is 5.73 Å². The average Bonchev–Trinajstić information content (AvgIpc) is 2.47. The Morgan fingerprint density at radius 1 is 1.10 bits per heavy atom. The van der Waals surface area contributed by atoms with Crippen molar-refractivity contribution in [3.8, 4) is 0 Å². The van der Waals surface area contributed by atoms with Gasteiger partial charge in [-0.2, -0.15) is 0 Å². The second-order valence-electron chi connectivity index (χ2n) is 4.32. The molecular weight excluding hydrogens is 304 g/mol. The van der Waals surface area contributed by atoms with Gasteiger partial charge in [0.2, 0.25) is 0 Å². The van der Waals surface area contributed by atoms with Gasteiger partial charge in [0.15, 0.2) is 0 Å². The van der Waals surface area contributed by atoms with Gasteiger partial charge in [-0.05, 0) is 18.2 Å². The van der Waals surface area contributed by atoms with Crippen LogP contribution in [0.1, 0.15) is 5.56 Å². The maximum atomic E-state index is 7.69. The molecule has 21 heavy (non-hydrogen) atoms. The number of nitrogens with one attached hydrogen (secondary N) is 1. The fraction of sp³-hybridized carbons (Fsp3) is 0. The van der Waals surface area contributed by atoms with Crippen LogP contribution in [-0.2, 0) is 0 Å². The number of hydrogen-bond donors (Lipinski definition) is 2. The summed E-state index contributed by atoms with van der Waals surface area (Å²) in [5, 5.41) is 9.93. The summed E-state index contributed by atoms with van der Waals surface area (Å²) < 4.78 is 0. The molecule has 3 aromatic rings. The molecule has 3 rings (SSSR count). The van der Waals surface area contributed by atoms with Crippen LogP contribution in [0.3, 0.4) is 0 Å². The van der Waals surface area contributed by atoms with Crippen LogP contribution in [0.15, 0.2) is 58.7 Å². The number of rotatable bonds is 3. The zero-order valence-corrected chi connectivity index (χ0v) is 12.4. The summed E-state index contributed by atoms with van der Waals surface area (Å²) in [6.07, 6.45) is 1.53. The zero-order chi connectivity index (χ0) is 14.8. The van der Waals surface area contributed by atoms with E-state index in [4.69, 9.17) is 22.7 Å². The number of hydrogen-bond acceptors (Lipinski definition) is 4. The molecule has 4 nitrogen and oxygen atoms in total. The maximum Gasteiger partial charge on any atom is 0.125 e. The van der Waals surface area contributed by atoms with E-state index in [1.165, 1.54) is 18.1 Å². The number of nitrogens with two attached hydrogens (primary N) is 1. The minimum Gasteiger partial charge on any atom is -0.384 e. The fourth-order valence-electron chi connectivity index (χ4n) is 2.02. The summed E-state index contributed by atoms with van der Waals surface area (Å²) >= 11 is 7.57. The molecule has 6 heteroatoms. The standard InChI is InChI=1S/C15H11ClN4S/c16-10-5-3-7-12(13(10)14(17)18)21-15-9-4-1-2-6-11(9)19-8-20-15/h1-8H,(H3,17,18). The summed E-state index contributed by atoms with van der Waals surface area (Å²) in [5.41, 5.74) is 7.04. The van der Waals surface area contributed by atoms with Gasteiger partial charge in [-0.15, -0.1) is 0 Å². The minimum absolute atomic E-state index is 0.0542. The van der Waals surface area contributed by atoms with E-state index in [0.29, 0.717) is 10.6 Å². The van der Waals surface area contributed by atoms with Gasteiger partial charge in [-0.25, -0.2) is 9.97 Å². The lowest BCUT2D eigenvalue weighted by molar-refractivity contribution is 1.10. The number of aromatic nitrogens is 2. The van der Waals surface area contributed by atoms with Crippen LogP contribution < -0.4 is 5.73 Å². The monoisotopic (exact) mass is 314 g/mol. The highest BCUT2D eigenvalue weighted by Gasteiger charge is 2.13. The van der Waals surface area contributed by atoms with E-state index in [-0.39, 0.29) is 5.84 Å². The van der Waals surface area contributed by atoms with Crippen molar-refractivity contribution in [2.45, 2.75) is 9.92 Å². The molecule has 0 bridgehead atoms. The van der Waals surface area contributed by atoms with Gasteiger partial charge in [0.05, 0.1) is 10.5 Å². The molecule has 0 aliphatic carbocycles. The molecule has 104 valence electrons. The maximum absolute atomic E-state index is 7.69. The summed E-state index contributed by atoms with van der Waals surface area (Å²) in [5.74, 6) is -0.0542. The molecule has 0 aliphatic heterocycles. The van der Waals surface area contributed by atoms with Gasteiger partial charge in [-0.1, -0.05) is 47.6 Å². The first-order valence-electron chi connectivity index (χ1n) is 6.17. The van der Waals surface area contributed by atoms with E-state index in [2.05, 4.69) is 9.97 Å². The molecule has 0 saturated heterocycles. The molecular formula is C15H11ClN4S. The third kappa shape index (κ3) is 2.70. The number of nitrogen functional groups attached to an aromatic ring is 1. The number of amidine groups is 1. The third-order valence-electron chi connectivity index (χ3n) is 2.96. The van der Waals surface area contributed by atoms with Crippen molar-refractivity contribution >= 4 is 40.1 Å². The largest absolute Gasteiger partial charge is 0.384 e. The van der Waals surface area contributed by atoms with Crippen molar-refractivity contribution in [3.63, 3.8) is 0 Å². The van der Waals surface area contributed by atoms with E-state index < -0.39 is 0 Å². The molecule has 0 amide bonds. The topological polar surface area (TPSA) is 75.7 Å². The highest BCUT2D eigenvalue weighted by atomic mass is 35.5. The lowest BCUT2D eigenvalue weighted by Crippen LogP contribution is -2.13. The van der Waals surface area contributed by atoms with Crippen LogP contribution >= 0.6 is 23.4 Å². The average molecular weight is 315 g/mol. The van der Waals surface area contributed by atoms with Crippen molar-refractivity contribution in [1.82, 2.24) is 9.97 Å². The van der Waals surface area contributed by atoms with Crippen LogP contribution in [0, 0.1) is 5.41 Å². The van der Waals surface area contributed by atoms with Gasteiger partial charge in [0, 0.05) is 15.8 Å². The summed E-state index contributed by atoms with van der Waals surface area (Å²) in [7, 11) is 0. The van der Waals surface area contributed by atoms with Gasteiger partial charge in [-0.3, -0.25) is 5.41 Å². The van der Waals surface area contributed by atoms with Crippen molar-refractivity contribution in [2.24, 2.45) is 5.73 Å². The molecule has 1 heterocycles. The second kappa shape index (κ2) is 5.71. The molecule has 3 N–H and O–H groups in total. The zero-order valence-electron chi connectivity index (χ0n) is 10.9. The SMILES string of the molecule is N=C(N)c1c(Cl)cccc1Sc1ncnc2ccccc12. The Hall–Kier alpha value is -2.11. The molecule has 0 atom stereocenters. The second-order valence-corrected chi connectivity index (χ2v) is 5.76. The van der Waals surface area contributed by atoms with E-state index in [9.17, 15) is 0 Å². The third-order valence-corrected chi connectivity index (χ3v) is 4.35. The molecule has 0 fully saturated rings. The van der Waals surface area contributed by atoms with Gasteiger partial charge in [0.1, 0.15) is 17.2 Å². The van der Waals surface area contributed by atoms with Crippen LogP contribution in [0.5, 0.6) is 0 Å². The summed E-state index contributed by atoms with van der Waals surface area (Å²) in [6, 6.07) is 13.2. The lowest BCUT2D eigenvalue weighted by atomic mass is 10.2. The Bertz CT molecular complexity index is 830. The Kier molecular flexibility index (Phi) is 3.77. The quantitative estimate of drug-likeness (QED) is 0.439. The Morgan fingerprint density at radius 2 is 1.90 bits per heavy atom. The van der Waals surface area contributed by atoms with Gasteiger partial charge in [0.25, 0.3) is 0 Å². The summed E-state index contributed by atoms with van der Waals surface area (Å²) in [4.78, 5) is 9.38. The normalized spacial score (nSPS) is 10.7. The predicted molar refractivity (Wildman–Crippen MR) is 86.1 cm³/mol. The number of nitrogens with zero attached hydrogens (tertiary/aromatic N) is 2. The van der Waals surface area contributed by atoms with Crippen molar-refractivity contribution in [3.05, 3.63) is 59.4 Å². The van der Waals surface area contributed by atoms with E-state index in [1.54, 1.807) is 6.07 Å². The van der Waals surface area contributed by atoms with Crippen LogP contribution in [0.4, 0.5) is 0 Å².